The van der Waals surface area contributed by atoms with Gasteiger partial charge in [0.1, 0.15) is 0 Å². The molecule has 1 aliphatic rings. The molecular weight excluding hydrogens is 252 g/mol. The van der Waals surface area contributed by atoms with Crippen molar-refractivity contribution in [2.24, 2.45) is 5.92 Å². The monoisotopic (exact) mass is 274 g/mol. The second-order valence-electron chi connectivity index (χ2n) is 6.07. The molecule has 0 radical (unpaired) electrons. The van der Waals surface area contributed by atoms with Crippen LogP contribution in [0.5, 0.6) is 0 Å². The lowest BCUT2D eigenvalue weighted by atomic mass is 9.89. The van der Waals surface area contributed by atoms with Crippen molar-refractivity contribution in [3.8, 4) is 0 Å². The maximum absolute atomic E-state index is 4.46. The van der Waals surface area contributed by atoms with E-state index in [0.717, 1.165) is 11.4 Å². The van der Waals surface area contributed by atoms with E-state index < -0.39 is 0 Å². The number of fused-ring (bicyclic) bond motifs is 1. The van der Waals surface area contributed by atoms with Crippen molar-refractivity contribution in [2.75, 3.05) is 6.54 Å². The summed E-state index contributed by atoms with van der Waals surface area (Å²) < 4.78 is 1.30. The molecule has 0 aliphatic carbocycles. The fraction of sp³-hybridized carbons (Fsp3) is 0.562. The first-order chi connectivity index (χ1) is 9.15. The van der Waals surface area contributed by atoms with Gasteiger partial charge in [0, 0.05) is 18.6 Å². The number of thiazole rings is 1. The first-order valence-corrected chi connectivity index (χ1v) is 8.12. The van der Waals surface area contributed by atoms with Crippen molar-refractivity contribution >= 4 is 21.6 Å². The standard InChI is InChI=1S/C16H22N2S/c1-11(2)18-9-12(3)4-6-15(18)13-5-7-16-14(8-13)17-10-19-16/h5,7-8,10-12,15H,4,6,9H2,1-3H3/t12-,15+/m0/s1. The lowest BCUT2D eigenvalue weighted by Crippen LogP contribution is -2.41. The van der Waals surface area contributed by atoms with Crippen LogP contribution in [0, 0.1) is 5.92 Å². The van der Waals surface area contributed by atoms with E-state index >= 15 is 0 Å². The van der Waals surface area contributed by atoms with Gasteiger partial charge in [0.25, 0.3) is 0 Å². The second-order valence-corrected chi connectivity index (χ2v) is 6.95. The van der Waals surface area contributed by atoms with E-state index in [-0.39, 0.29) is 0 Å². The van der Waals surface area contributed by atoms with Crippen molar-refractivity contribution in [1.29, 1.82) is 0 Å². The van der Waals surface area contributed by atoms with Crippen LogP contribution in [-0.2, 0) is 0 Å². The van der Waals surface area contributed by atoms with Crippen LogP contribution in [0.15, 0.2) is 23.7 Å². The van der Waals surface area contributed by atoms with Gasteiger partial charge >= 0.3 is 0 Å². The normalized spacial score (nSPS) is 25.3. The number of piperidine rings is 1. The molecule has 2 nitrogen and oxygen atoms in total. The molecule has 102 valence electrons. The number of nitrogens with zero attached hydrogens (tertiary/aromatic N) is 2. The van der Waals surface area contributed by atoms with E-state index in [9.17, 15) is 0 Å². The molecular formula is C16H22N2S. The fourth-order valence-electron chi connectivity index (χ4n) is 3.20. The highest BCUT2D eigenvalue weighted by atomic mass is 32.1. The molecule has 2 heterocycles. The minimum Gasteiger partial charge on any atom is -0.294 e. The Morgan fingerprint density at radius 3 is 2.95 bits per heavy atom. The minimum atomic E-state index is 0.572. The van der Waals surface area contributed by atoms with Gasteiger partial charge in [-0.1, -0.05) is 13.0 Å². The summed E-state index contributed by atoms with van der Waals surface area (Å²) in [4.78, 5) is 7.11. The molecule has 2 atom stereocenters. The van der Waals surface area contributed by atoms with Crippen molar-refractivity contribution in [2.45, 2.75) is 45.7 Å². The molecule has 1 fully saturated rings. The van der Waals surface area contributed by atoms with Gasteiger partial charge in [0.05, 0.1) is 15.7 Å². The van der Waals surface area contributed by atoms with E-state index in [2.05, 4.69) is 48.9 Å². The van der Waals surface area contributed by atoms with Gasteiger partial charge in [-0.2, -0.15) is 0 Å². The molecule has 0 amide bonds. The molecule has 0 N–H and O–H groups in total. The highest BCUT2D eigenvalue weighted by Gasteiger charge is 2.29. The molecule has 1 saturated heterocycles. The van der Waals surface area contributed by atoms with Crippen LogP contribution in [0.3, 0.4) is 0 Å². The van der Waals surface area contributed by atoms with Crippen LogP contribution >= 0.6 is 11.3 Å². The molecule has 1 aromatic heterocycles. The number of aromatic nitrogens is 1. The van der Waals surface area contributed by atoms with E-state index in [0.29, 0.717) is 12.1 Å². The van der Waals surface area contributed by atoms with Gasteiger partial charge in [0.15, 0.2) is 0 Å². The van der Waals surface area contributed by atoms with Crippen LogP contribution < -0.4 is 0 Å². The zero-order valence-electron chi connectivity index (χ0n) is 12.0. The number of hydrogen-bond acceptors (Lipinski definition) is 3. The largest absolute Gasteiger partial charge is 0.294 e. The molecule has 0 saturated carbocycles. The Hall–Kier alpha value is -0.930. The molecule has 19 heavy (non-hydrogen) atoms. The Kier molecular flexibility index (Phi) is 3.59. The van der Waals surface area contributed by atoms with Gasteiger partial charge < -0.3 is 0 Å². The Morgan fingerprint density at radius 2 is 2.16 bits per heavy atom. The SMILES string of the molecule is CC(C)N1C[C@@H](C)CC[C@@H]1c1ccc2scnc2c1. The Labute approximate surface area is 119 Å². The third-order valence-corrected chi connectivity index (χ3v) is 5.07. The molecule has 1 aromatic carbocycles. The number of benzene rings is 1. The van der Waals surface area contributed by atoms with E-state index in [1.807, 2.05) is 5.51 Å². The van der Waals surface area contributed by atoms with Crippen LogP contribution in [0.1, 0.15) is 45.2 Å². The predicted octanol–water partition coefficient (Wildman–Crippen LogP) is 4.48. The molecule has 1 aliphatic heterocycles. The first kappa shape index (κ1) is 13.1. The average Bonchev–Trinajstić information content (AvgIpc) is 2.85. The van der Waals surface area contributed by atoms with Gasteiger partial charge in [0.2, 0.25) is 0 Å². The number of rotatable bonds is 2. The molecule has 0 spiro atoms. The zero-order chi connectivity index (χ0) is 13.4. The maximum atomic E-state index is 4.46. The topological polar surface area (TPSA) is 16.1 Å². The summed E-state index contributed by atoms with van der Waals surface area (Å²) >= 11 is 1.73. The summed E-state index contributed by atoms with van der Waals surface area (Å²) in [7, 11) is 0. The number of likely N-dealkylation sites (tertiary alicyclic amines) is 1. The number of hydrogen-bond donors (Lipinski definition) is 0. The quantitative estimate of drug-likeness (QED) is 0.803. The molecule has 2 aromatic rings. The Bertz CT molecular complexity index is 561. The lowest BCUT2D eigenvalue weighted by Gasteiger charge is -2.41. The molecule has 0 unspecified atom stereocenters. The molecule has 3 rings (SSSR count). The van der Waals surface area contributed by atoms with Crippen molar-refractivity contribution in [3.05, 3.63) is 29.3 Å². The zero-order valence-corrected chi connectivity index (χ0v) is 12.8. The summed E-state index contributed by atoms with van der Waals surface area (Å²) in [6.45, 7) is 8.21. The Balaban J connectivity index is 1.93. The minimum absolute atomic E-state index is 0.572. The van der Waals surface area contributed by atoms with E-state index in [1.54, 1.807) is 11.3 Å². The van der Waals surface area contributed by atoms with Gasteiger partial charge in [-0.25, -0.2) is 4.98 Å². The molecule has 0 bridgehead atoms. The van der Waals surface area contributed by atoms with Crippen LogP contribution in [0.4, 0.5) is 0 Å². The lowest BCUT2D eigenvalue weighted by molar-refractivity contribution is 0.0819. The first-order valence-electron chi connectivity index (χ1n) is 7.24. The van der Waals surface area contributed by atoms with E-state index in [1.165, 1.54) is 29.6 Å². The summed E-state index contributed by atoms with van der Waals surface area (Å²) in [5.74, 6) is 0.821. The maximum Gasteiger partial charge on any atom is 0.0815 e. The summed E-state index contributed by atoms with van der Waals surface area (Å²) in [5, 5.41) is 0. The smallest absolute Gasteiger partial charge is 0.0815 e. The fourth-order valence-corrected chi connectivity index (χ4v) is 3.86. The highest BCUT2D eigenvalue weighted by molar-refractivity contribution is 7.16. The Morgan fingerprint density at radius 1 is 1.32 bits per heavy atom. The van der Waals surface area contributed by atoms with Crippen molar-refractivity contribution in [3.63, 3.8) is 0 Å². The van der Waals surface area contributed by atoms with Crippen LogP contribution in [0.25, 0.3) is 10.2 Å². The summed E-state index contributed by atoms with van der Waals surface area (Å²) in [5.41, 5.74) is 4.54. The van der Waals surface area contributed by atoms with Crippen LogP contribution in [0.2, 0.25) is 0 Å². The predicted molar refractivity (Wildman–Crippen MR) is 82.6 cm³/mol. The third-order valence-electron chi connectivity index (χ3n) is 4.26. The van der Waals surface area contributed by atoms with Crippen molar-refractivity contribution < 1.29 is 0 Å². The molecule has 3 heteroatoms. The summed E-state index contributed by atoms with van der Waals surface area (Å²) in [6, 6.07) is 8.01. The van der Waals surface area contributed by atoms with Gasteiger partial charge in [-0.3, -0.25) is 4.90 Å². The highest BCUT2D eigenvalue weighted by Crippen LogP contribution is 2.35. The van der Waals surface area contributed by atoms with Crippen molar-refractivity contribution in [1.82, 2.24) is 9.88 Å². The second kappa shape index (κ2) is 5.22. The van der Waals surface area contributed by atoms with E-state index in [4.69, 9.17) is 0 Å². The van der Waals surface area contributed by atoms with Crippen LogP contribution in [-0.4, -0.2) is 22.5 Å². The van der Waals surface area contributed by atoms with Gasteiger partial charge in [-0.15, -0.1) is 11.3 Å². The summed E-state index contributed by atoms with van der Waals surface area (Å²) in [6.07, 6.45) is 2.61. The third kappa shape index (κ3) is 2.54. The average molecular weight is 274 g/mol. The van der Waals surface area contributed by atoms with Gasteiger partial charge in [-0.05, 0) is 50.3 Å².